The highest BCUT2D eigenvalue weighted by atomic mass is 16.6. The molecule has 0 N–H and O–H groups in total. The minimum Gasteiger partial charge on any atom is -0.494 e. The van der Waals surface area contributed by atoms with Gasteiger partial charge in [0.1, 0.15) is 5.69 Å². The number of isocyanates is 1. The Morgan fingerprint density at radius 2 is 2.21 bits per heavy atom. The summed E-state index contributed by atoms with van der Waals surface area (Å²) in [6.07, 6.45) is 1.43. The molecule has 0 atom stereocenters. The average molecular weight is 191 g/mol. The summed E-state index contributed by atoms with van der Waals surface area (Å²) in [6, 6.07) is 3.21. The Balaban J connectivity index is 2.77. The van der Waals surface area contributed by atoms with Crippen molar-refractivity contribution in [3.8, 4) is 5.75 Å². The average Bonchev–Trinajstić information content (AvgIpc) is 2.67. The molecule has 0 aliphatic heterocycles. The van der Waals surface area contributed by atoms with E-state index in [1.807, 2.05) is 0 Å². The topological polar surface area (TPSA) is 77.6 Å². The lowest BCUT2D eigenvalue weighted by Crippen LogP contribution is -1.84. The zero-order valence-corrected chi connectivity index (χ0v) is 7.22. The third-order valence-corrected chi connectivity index (χ3v) is 1.74. The van der Waals surface area contributed by atoms with E-state index in [0.29, 0.717) is 22.5 Å². The maximum absolute atomic E-state index is 10.1. The molecule has 2 aromatic rings. The molecular weight excluding hydrogens is 186 g/mol. The fourth-order valence-electron chi connectivity index (χ4n) is 1.13. The molecule has 0 saturated heterocycles. The molecule has 0 fully saturated rings. The molecule has 0 radical (unpaired) electrons. The number of benzene rings is 1. The second-order valence-corrected chi connectivity index (χ2v) is 2.45. The van der Waals surface area contributed by atoms with Gasteiger partial charge in [-0.2, -0.15) is 4.99 Å². The summed E-state index contributed by atoms with van der Waals surface area (Å²) < 4.78 is 9.54. The fraction of sp³-hybridized carbons (Fsp3) is 0.125. The molecule has 6 nitrogen and oxygen atoms in total. The van der Waals surface area contributed by atoms with Gasteiger partial charge in [-0.15, -0.1) is 0 Å². The molecule has 1 aromatic heterocycles. The Kier molecular flexibility index (Phi) is 1.96. The van der Waals surface area contributed by atoms with Crippen molar-refractivity contribution >= 4 is 22.8 Å². The minimum atomic E-state index is 0.358. The van der Waals surface area contributed by atoms with Crippen LogP contribution in [0.25, 0.3) is 11.0 Å². The van der Waals surface area contributed by atoms with Gasteiger partial charge >= 0.3 is 0 Å². The molecule has 0 aliphatic carbocycles. The molecule has 2 rings (SSSR count). The minimum absolute atomic E-state index is 0.358. The van der Waals surface area contributed by atoms with Gasteiger partial charge in [-0.3, -0.25) is 0 Å². The number of rotatable bonds is 2. The number of nitrogens with zero attached hydrogens (tertiary/aromatic N) is 3. The lowest BCUT2D eigenvalue weighted by atomic mass is 10.2. The lowest BCUT2D eigenvalue weighted by Gasteiger charge is -1.98. The smallest absolute Gasteiger partial charge is 0.240 e. The van der Waals surface area contributed by atoms with Crippen LogP contribution in [0.4, 0.5) is 5.69 Å². The van der Waals surface area contributed by atoms with Crippen LogP contribution in [0.15, 0.2) is 21.8 Å². The van der Waals surface area contributed by atoms with Crippen molar-refractivity contribution in [2.45, 2.75) is 0 Å². The monoisotopic (exact) mass is 191 g/mol. The van der Waals surface area contributed by atoms with Crippen LogP contribution in [0.3, 0.4) is 0 Å². The number of ether oxygens (including phenoxy) is 1. The third-order valence-electron chi connectivity index (χ3n) is 1.74. The molecule has 0 bridgehead atoms. The van der Waals surface area contributed by atoms with Gasteiger partial charge in [0.05, 0.1) is 7.11 Å². The second kappa shape index (κ2) is 3.27. The molecule has 6 heteroatoms. The molecular formula is C8H5N3O3. The van der Waals surface area contributed by atoms with Gasteiger partial charge in [-0.05, 0) is 22.4 Å². The maximum Gasteiger partial charge on any atom is 0.240 e. The Bertz CT molecular complexity index is 514. The van der Waals surface area contributed by atoms with E-state index in [4.69, 9.17) is 4.74 Å². The molecule has 0 aliphatic rings. The molecule has 0 amide bonds. The summed E-state index contributed by atoms with van der Waals surface area (Å²) in [7, 11) is 1.51. The Morgan fingerprint density at radius 1 is 1.43 bits per heavy atom. The van der Waals surface area contributed by atoms with Gasteiger partial charge in [-0.25, -0.2) is 9.42 Å². The van der Waals surface area contributed by atoms with E-state index in [9.17, 15) is 4.79 Å². The van der Waals surface area contributed by atoms with Crippen molar-refractivity contribution in [2.75, 3.05) is 7.11 Å². The quantitative estimate of drug-likeness (QED) is 0.526. The van der Waals surface area contributed by atoms with Gasteiger partial charge in [-0.1, -0.05) is 0 Å². The van der Waals surface area contributed by atoms with Crippen LogP contribution in [-0.2, 0) is 4.79 Å². The molecule has 0 saturated carbocycles. The van der Waals surface area contributed by atoms with Crippen LogP contribution in [0.2, 0.25) is 0 Å². The first kappa shape index (κ1) is 8.40. The number of methoxy groups -OCH3 is 1. The zero-order chi connectivity index (χ0) is 9.97. The van der Waals surface area contributed by atoms with E-state index >= 15 is 0 Å². The van der Waals surface area contributed by atoms with E-state index < -0.39 is 0 Å². The lowest BCUT2D eigenvalue weighted by molar-refractivity contribution is 0.314. The highest BCUT2D eigenvalue weighted by molar-refractivity contribution is 5.90. The number of hydrogen-bond donors (Lipinski definition) is 0. The van der Waals surface area contributed by atoms with Gasteiger partial charge < -0.3 is 4.74 Å². The Morgan fingerprint density at radius 3 is 2.93 bits per heavy atom. The van der Waals surface area contributed by atoms with E-state index in [1.165, 1.54) is 13.2 Å². The normalized spacial score (nSPS) is 9.79. The van der Waals surface area contributed by atoms with Gasteiger partial charge in [0, 0.05) is 0 Å². The first-order valence-corrected chi connectivity index (χ1v) is 3.74. The van der Waals surface area contributed by atoms with Crippen LogP contribution in [0, 0.1) is 0 Å². The van der Waals surface area contributed by atoms with Crippen molar-refractivity contribution in [1.29, 1.82) is 0 Å². The Labute approximate surface area is 78.1 Å². The summed E-state index contributed by atoms with van der Waals surface area (Å²) >= 11 is 0. The molecule has 1 aromatic carbocycles. The van der Waals surface area contributed by atoms with Crippen molar-refractivity contribution in [1.82, 2.24) is 10.3 Å². The molecule has 70 valence electrons. The summed E-state index contributed by atoms with van der Waals surface area (Å²) in [4.78, 5) is 13.6. The van der Waals surface area contributed by atoms with Gasteiger partial charge in [0.2, 0.25) is 6.08 Å². The van der Waals surface area contributed by atoms with E-state index in [-0.39, 0.29) is 0 Å². The number of carbonyl (C=O) groups excluding carboxylic acids is 1. The number of aliphatic imine (C=N–C) groups is 1. The van der Waals surface area contributed by atoms with Crippen molar-refractivity contribution in [2.24, 2.45) is 4.99 Å². The summed E-state index contributed by atoms with van der Waals surface area (Å²) in [6.45, 7) is 0. The number of fused-ring (bicyclic) bond motifs is 1. The number of aromatic nitrogens is 2. The molecule has 0 spiro atoms. The standard InChI is InChI=1S/C8H5N3O3/c1-13-6-3-2-5(9-4-12)7-8(6)11-14-10-7/h2-3H,1H3. The maximum atomic E-state index is 10.1. The number of hydrogen-bond acceptors (Lipinski definition) is 6. The van der Waals surface area contributed by atoms with Crippen LogP contribution in [0.1, 0.15) is 0 Å². The summed E-state index contributed by atoms with van der Waals surface area (Å²) in [5.41, 5.74) is 1.17. The second-order valence-electron chi connectivity index (χ2n) is 2.45. The SMILES string of the molecule is COc1ccc(N=C=O)c2nonc12. The molecule has 0 unspecified atom stereocenters. The predicted octanol–water partition coefficient (Wildman–Crippen LogP) is 1.20. The highest BCUT2D eigenvalue weighted by Gasteiger charge is 2.11. The highest BCUT2D eigenvalue weighted by Crippen LogP contribution is 2.29. The first-order chi connectivity index (χ1) is 6.86. The molecule has 1 heterocycles. The van der Waals surface area contributed by atoms with Crippen LogP contribution >= 0.6 is 0 Å². The van der Waals surface area contributed by atoms with Crippen LogP contribution < -0.4 is 4.74 Å². The summed E-state index contributed by atoms with van der Waals surface area (Å²) in [5.74, 6) is 0.520. The van der Waals surface area contributed by atoms with Crippen LogP contribution in [0.5, 0.6) is 5.75 Å². The predicted molar refractivity (Wildman–Crippen MR) is 46.1 cm³/mol. The van der Waals surface area contributed by atoms with Crippen molar-refractivity contribution in [3.63, 3.8) is 0 Å². The van der Waals surface area contributed by atoms with Crippen molar-refractivity contribution in [3.05, 3.63) is 12.1 Å². The van der Waals surface area contributed by atoms with Gasteiger partial charge in [0.25, 0.3) is 0 Å². The van der Waals surface area contributed by atoms with E-state index in [0.717, 1.165) is 0 Å². The van der Waals surface area contributed by atoms with Gasteiger partial charge in [0.15, 0.2) is 16.8 Å². The first-order valence-electron chi connectivity index (χ1n) is 3.74. The van der Waals surface area contributed by atoms with Crippen molar-refractivity contribution < 1.29 is 14.2 Å². The Hall–Kier alpha value is -2.20. The zero-order valence-electron chi connectivity index (χ0n) is 7.22. The molecule has 14 heavy (non-hydrogen) atoms. The van der Waals surface area contributed by atoms with E-state index in [2.05, 4.69) is 19.9 Å². The van der Waals surface area contributed by atoms with E-state index in [1.54, 1.807) is 12.1 Å². The van der Waals surface area contributed by atoms with Crippen LogP contribution in [-0.4, -0.2) is 23.5 Å². The largest absolute Gasteiger partial charge is 0.494 e. The third kappa shape index (κ3) is 1.14. The summed E-state index contributed by atoms with van der Waals surface area (Å²) in [5, 5.41) is 7.24. The fourth-order valence-corrected chi connectivity index (χ4v) is 1.13.